The van der Waals surface area contributed by atoms with E-state index in [1.165, 1.54) is 11.8 Å². The van der Waals surface area contributed by atoms with Crippen LogP contribution in [0.1, 0.15) is 29.1 Å². The first-order valence-electron chi connectivity index (χ1n) is 4.95. The summed E-state index contributed by atoms with van der Waals surface area (Å²) in [4.78, 5) is 14.9. The number of ether oxygens (including phenoxy) is 1. The Morgan fingerprint density at radius 1 is 1.60 bits per heavy atom. The molecule has 0 aromatic carbocycles. The Morgan fingerprint density at radius 3 is 2.67 bits per heavy atom. The molecule has 0 spiro atoms. The van der Waals surface area contributed by atoms with Gasteiger partial charge in [0.1, 0.15) is 5.25 Å². The van der Waals surface area contributed by atoms with Gasteiger partial charge in [0.15, 0.2) is 0 Å². The molecule has 1 N–H and O–H groups in total. The molecule has 0 saturated carbocycles. The summed E-state index contributed by atoms with van der Waals surface area (Å²) in [6, 6.07) is 2.01. The van der Waals surface area contributed by atoms with E-state index in [0.29, 0.717) is 6.61 Å². The topological polar surface area (TPSA) is 42.1 Å². The number of aromatic amines is 1. The van der Waals surface area contributed by atoms with E-state index >= 15 is 0 Å². The van der Waals surface area contributed by atoms with Gasteiger partial charge in [-0.15, -0.1) is 11.8 Å². The second-order valence-electron chi connectivity index (χ2n) is 3.40. The van der Waals surface area contributed by atoms with Crippen LogP contribution in [-0.2, 0) is 9.53 Å². The van der Waals surface area contributed by atoms with E-state index in [-0.39, 0.29) is 11.2 Å². The van der Waals surface area contributed by atoms with E-state index in [2.05, 4.69) is 4.98 Å². The molecule has 1 heterocycles. The highest BCUT2D eigenvalue weighted by molar-refractivity contribution is 7.99. The Hall–Kier alpha value is -0.900. The van der Waals surface area contributed by atoms with Crippen LogP contribution in [0, 0.1) is 13.8 Å². The Bertz CT molecular complexity index is 346. The van der Waals surface area contributed by atoms with Gasteiger partial charge in [0, 0.05) is 11.4 Å². The highest BCUT2D eigenvalue weighted by Gasteiger charge is 2.23. The third kappa shape index (κ3) is 2.78. The first kappa shape index (κ1) is 12.2. The Kier molecular flexibility index (Phi) is 4.27. The molecular formula is C11H17NO2S. The van der Waals surface area contributed by atoms with Crippen LogP contribution in [0.2, 0.25) is 0 Å². The monoisotopic (exact) mass is 227 g/mol. The molecule has 0 bridgehead atoms. The fraction of sp³-hybridized carbons (Fsp3) is 0.545. The molecule has 1 unspecified atom stereocenters. The van der Waals surface area contributed by atoms with Gasteiger partial charge in [0.25, 0.3) is 0 Å². The second-order valence-corrected chi connectivity index (χ2v) is 4.34. The quantitative estimate of drug-likeness (QED) is 0.804. The number of rotatable bonds is 4. The summed E-state index contributed by atoms with van der Waals surface area (Å²) in [6.07, 6.45) is 1.92. The van der Waals surface area contributed by atoms with Gasteiger partial charge < -0.3 is 9.72 Å². The Morgan fingerprint density at radius 2 is 2.27 bits per heavy atom. The van der Waals surface area contributed by atoms with Gasteiger partial charge in [0.2, 0.25) is 0 Å². The Labute approximate surface area is 94.6 Å². The second kappa shape index (κ2) is 5.26. The summed E-state index contributed by atoms with van der Waals surface area (Å²) in [6.45, 7) is 6.21. The van der Waals surface area contributed by atoms with Crippen LogP contribution in [0.25, 0.3) is 0 Å². The fourth-order valence-corrected chi connectivity index (χ4v) is 2.35. The average Bonchev–Trinajstić information content (AvgIpc) is 2.47. The van der Waals surface area contributed by atoms with Gasteiger partial charge >= 0.3 is 5.97 Å². The largest absolute Gasteiger partial charge is 0.465 e. The highest BCUT2D eigenvalue weighted by Crippen LogP contribution is 2.30. The van der Waals surface area contributed by atoms with Crippen molar-refractivity contribution in [2.45, 2.75) is 26.0 Å². The zero-order chi connectivity index (χ0) is 11.4. The molecule has 1 atom stereocenters. The lowest BCUT2D eigenvalue weighted by Gasteiger charge is -2.12. The van der Waals surface area contributed by atoms with Crippen molar-refractivity contribution in [2.24, 2.45) is 0 Å². The summed E-state index contributed by atoms with van der Waals surface area (Å²) in [7, 11) is 0. The summed E-state index contributed by atoms with van der Waals surface area (Å²) < 4.78 is 5.04. The first-order valence-corrected chi connectivity index (χ1v) is 6.24. The molecule has 15 heavy (non-hydrogen) atoms. The van der Waals surface area contributed by atoms with Crippen molar-refractivity contribution < 1.29 is 9.53 Å². The molecule has 84 valence electrons. The number of carbonyl (C=O) groups excluding carboxylic acids is 1. The van der Waals surface area contributed by atoms with Crippen LogP contribution < -0.4 is 0 Å². The third-order valence-corrected chi connectivity index (χ3v) is 3.13. The molecule has 1 aromatic rings. The van der Waals surface area contributed by atoms with Crippen LogP contribution >= 0.6 is 11.8 Å². The molecule has 1 rings (SSSR count). The first-order chi connectivity index (χ1) is 7.10. The van der Waals surface area contributed by atoms with Crippen molar-refractivity contribution in [1.29, 1.82) is 0 Å². The maximum atomic E-state index is 11.7. The molecule has 3 nitrogen and oxygen atoms in total. The van der Waals surface area contributed by atoms with Crippen molar-refractivity contribution in [3.8, 4) is 0 Å². The molecule has 0 aliphatic heterocycles. The molecule has 4 heteroatoms. The molecular weight excluding hydrogens is 210 g/mol. The van der Waals surface area contributed by atoms with Gasteiger partial charge in [-0.2, -0.15) is 0 Å². The summed E-state index contributed by atoms with van der Waals surface area (Å²) >= 11 is 1.50. The van der Waals surface area contributed by atoms with Crippen molar-refractivity contribution in [3.05, 3.63) is 23.0 Å². The fourth-order valence-electron chi connectivity index (χ4n) is 1.59. The van der Waals surface area contributed by atoms with Gasteiger partial charge in [-0.25, -0.2) is 0 Å². The van der Waals surface area contributed by atoms with Crippen LogP contribution in [-0.4, -0.2) is 23.8 Å². The summed E-state index contributed by atoms with van der Waals surface area (Å²) in [5.74, 6) is -0.160. The van der Waals surface area contributed by atoms with Gasteiger partial charge in [-0.05, 0) is 38.7 Å². The number of esters is 1. The predicted octanol–water partition coefficient (Wildman–Crippen LogP) is 2.60. The van der Waals surface area contributed by atoms with Crippen molar-refractivity contribution in [2.75, 3.05) is 12.9 Å². The normalized spacial score (nSPS) is 12.5. The minimum Gasteiger partial charge on any atom is -0.465 e. The standard InChI is InChI=1S/C11H17NO2S/c1-5-14-11(13)10(15-4)9-6-7(2)12-8(9)3/h6,10,12H,5H2,1-4H3. The third-order valence-electron chi connectivity index (χ3n) is 2.21. The lowest BCUT2D eigenvalue weighted by atomic mass is 10.2. The van der Waals surface area contributed by atoms with Gasteiger partial charge in [-0.1, -0.05) is 0 Å². The number of aryl methyl sites for hydroxylation is 2. The van der Waals surface area contributed by atoms with Crippen LogP contribution in [0.15, 0.2) is 6.07 Å². The zero-order valence-electron chi connectivity index (χ0n) is 9.59. The minimum atomic E-state index is -0.213. The van der Waals surface area contributed by atoms with Crippen LogP contribution in [0.5, 0.6) is 0 Å². The summed E-state index contributed by atoms with van der Waals surface area (Å²) in [5, 5.41) is -0.213. The van der Waals surface area contributed by atoms with E-state index in [1.54, 1.807) is 0 Å². The maximum absolute atomic E-state index is 11.7. The molecule has 1 aromatic heterocycles. The predicted molar refractivity (Wildman–Crippen MR) is 63.2 cm³/mol. The molecule has 0 aliphatic carbocycles. The van der Waals surface area contributed by atoms with Crippen LogP contribution in [0.4, 0.5) is 0 Å². The Balaban J connectivity index is 2.91. The van der Waals surface area contributed by atoms with E-state index in [0.717, 1.165) is 17.0 Å². The van der Waals surface area contributed by atoms with Crippen molar-refractivity contribution in [1.82, 2.24) is 4.98 Å². The molecule has 0 fully saturated rings. The number of H-pyrrole nitrogens is 1. The van der Waals surface area contributed by atoms with E-state index in [9.17, 15) is 4.79 Å². The summed E-state index contributed by atoms with van der Waals surface area (Å²) in [5.41, 5.74) is 3.14. The van der Waals surface area contributed by atoms with Gasteiger partial charge in [-0.3, -0.25) is 4.79 Å². The molecule has 0 saturated heterocycles. The van der Waals surface area contributed by atoms with Crippen molar-refractivity contribution in [3.63, 3.8) is 0 Å². The number of carbonyl (C=O) groups is 1. The van der Waals surface area contributed by atoms with E-state index in [4.69, 9.17) is 4.74 Å². The number of aromatic nitrogens is 1. The SMILES string of the molecule is CCOC(=O)C(SC)c1cc(C)[nH]c1C. The number of thioether (sulfide) groups is 1. The maximum Gasteiger partial charge on any atom is 0.323 e. The smallest absolute Gasteiger partial charge is 0.323 e. The molecule has 0 aliphatic rings. The molecule has 0 amide bonds. The van der Waals surface area contributed by atoms with E-state index in [1.807, 2.05) is 33.1 Å². The molecule has 0 radical (unpaired) electrons. The van der Waals surface area contributed by atoms with E-state index < -0.39 is 0 Å². The number of hydrogen-bond donors (Lipinski definition) is 1. The highest BCUT2D eigenvalue weighted by atomic mass is 32.2. The lowest BCUT2D eigenvalue weighted by Crippen LogP contribution is -2.13. The minimum absolute atomic E-state index is 0.160. The number of nitrogens with one attached hydrogen (secondary N) is 1. The lowest BCUT2D eigenvalue weighted by molar-refractivity contribution is -0.142. The number of hydrogen-bond acceptors (Lipinski definition) is 3. The average molecular weight is 227 g/mol. The van der Waals surface area contributed by atoms with Crippen molar-refractivity contribution >= 4 is 17.7 Å². The zero-order valence-corrected chi connectivity index (χ0v) is 10.4. The van der Waals surface area contributed by atoms with Crippen LogP contribution in [0.3, 0.4) is 0 Å². The van der Waals surface area contributed by atoms with Gasteiger partial charge in [0.05, 0.1) is 6.61 Å².